The zero-order valence-corrected chi connectivity index (χ0v) is 12.2. The van der Waals surface area contributed by atoms with Gasteiger partial charge in [0.2, 0.25) is 0 Å². The van der Waals surface area contributed by atoms with Crippen LogP contribution in [0.15, 0.2) is 0 Å². The smallest absolute Gasteiger partial charge is 0.155 e. The summed E-state index contributed by atoms with van der Waals surface area (Å²) in [6, 6.07) is 0.193. The normalized spacial score (nSPS) is 46.7. The largest absolute Gasteiger partial charge is 0.297 e. The van der Waals surface area contributed by atoms with Crippen molar-refractivity contribution in [2.75, 3.05) is 13.1 Å². The van der Waals surface area contributed by atoms with E-state index < -0.39 is 0 Å². The van der Waals surface area contributed by atoms with Gasteiger partial charge < -0.3 is 0 Å². The van der Waals surface area contributed by atoms with Crippen LogP contribution in [0.3, 0.4) is 0 Å². The summed E-state index contributed by atoms with van der Waals surface area (Å²) in [5, 5.41) is 0. The van der Waals surface area contributed by atoms with Crippen LogP contribution in [0.5, 0.6) is 0 Å². The van der Waals surface area contributed by atoms with Crippen LogP contribution in [-0.4, -0.2) is 29.8 Å². The van der Waals surface area contributed by atoms with E-state index in [-0.39, 0.29) is 11.5 Å². The molecule has 19 heavy (non-hydrogen) atoms. The summed E-state index contributed by atoms with van der Waals surface area (Å²) in [6.07, 6.45) is 10.6. The lowest BCUT2D eigenvalue weighted by molar-refractivity contribution is -0.148. The van der Waals surface area contributed by atoms with Gasteiger partial charge in [-0.3, -0.25) is 9.69 Å². The molecule has 0 spiro atoms. The Labute approximate surface area is 116 Å². The highest BCUT2D eigenvalue weighted by Gasteiger charge is 2.55. The minimum absolute atomic E-state index is 0.108. The minimum Gasteiger partial charge on any atom is -0.297 e. The molecule has 0 radical (unpaired) electrons. The van der Waals surface area contributed by atoms with Crippen LogP contribution in [0.4, 0.5) is 0 Å². The second kappa shape index (κ2) is 4.31. The van der Waals surface area contributed by atoms with Gasteiger partial charge in [0.1, 0.15) is 0 Å². The molecular weight excluding hydrogens is 234 g/mol. The highest BCUT2D eigenvalue weighted by molar-refractivity contribution is 5.90. The van der Waals surface area contributed by atoms with Crippen molar-refractivity contribution in [1.82, 2.24) is 4.90 Å². The molecule has 0 unspecified atom stereocenters. The van der Waals surface area contributed by atoms with Crippen LogP contribution in [0, 0.1) is 23.2 Å². The van der Waals surface area contributed by atoms with Gasteiger partial charge in [-0.1, -0.05) is 0 Å². The summed E-state index contributed by atoms with van der Waals surface area (Å²) in [5.41, 5.74) is 0.108. The standard InChI is InChI=1S/C17H27NO/c1-12(18-4-2-3-5-18)16(19)17-9-13-6-14(10-17)8-15(7-13)11-17/h12-15H,2-11H2,1H3/t12-,13?,14?,15?,17?/m1/s1. The first-order valence-corrected chi connectivity index (χ1v) is 8.45. The number of hydrogen-bond donors (Lipinski definition) is 0. The van der Waals surface area contributed by atoms with Crippen LogP contribution in [0.2, 0.25) is 0 Å². The van der Waals surface area contributed by atoms with Gasteiger partial charge in [0.05, 0.1) is 6.04 Å². The molecule has 5 fully saturated rings. The molecule has 1 saturated heterocycles. The third kappa shape index (κ3) is 1.90. The predicted molar refractivity (Wildman–Crippen MR) is 75.9 cm³/mol. The van der Waals surface area contributed by atoms with Crippen molar-refractivity contribution in [2.24, 2.45) is 23.2 Å². The molecule has 106 valence electrons. The second-order valence-electron chi connectivity index (χ2n) is 7.98. The number of Topliss-reactive ketones (excluding diaryl/α,β-unsaturated/α-hetero) is 1. The summed E-state index contributed by atoms with van der Waals surface area (Å²) in [6.45, 7) is 4.49. The van der Waals surface area contributed by atoms with Crippen molar-refractivity contribution < 1.29 is 4.79 Å². The molecule has 2 heteroatoms. The number of likely N-dealkylation sites (tertiary alicyclic amines) is 1. The van der Waals surface area contributed by atoms with Crippen LogP contribution in [-0.2, 0) is 4.79 Å². The van der Waals surface area contributed by atoms with Crippen molar-refractivity contribution in [3.05, 3.63) is 0 Å². The highest BCUT2D eigenvalue weighted by atomic mass is 16.1. The lowest BCUT2D eigenvalue weighted by Crippen LogP contribution is -2.54. The van der Waals surface area contributed by atoms with Gasteiger partial charge in [0, 0.05) is 5.41 Å². The minimum atomic E-state index is 0.108. The molecule has 1 aliphatic heterocycles. The van der Waals surface area contributed by atoms with E-state index in [2.05, 4.69) is 11.8 Å². The van der Waals surface area contributed by atoms with Crippen molar-refractivity contribution in [2.45, 2.75) is 64.3 Å². The maximum atomic E-state index is 13.1. The van der Waals surface area contributed by atoms with Crippen molar-refractivity contribution >= 4 is 5.78 Å². The summed E-state index contributed by atoms with van der Waals surface area (Å²) < 4.78 is 0. The average Bonchev–Trinajstić information content (AvgIpc) is 2.89. The predicted octanol–water partition coefficient (Wildman–Crippen LogP) is 3.26. The number of hydrogen-bond acceptors (Lipinski definition) is 2. The van der Waals surface area contributed by atoms with Crippen molar-refractivity contribution in [3.63, 3.8) is 0 Å². The molecule has 1 heterocycles. The van der Waals surface area contributed by atoms with Crippen molar-refractivity contribution in [1.29, 1.82) is 0 Å². The summed E-state index contributed by atoms with van der Waals surface area (Å²) in [7, 11) is 0. The second-order valence-corrected chi connectivity index (χ2v) is 7.98. The Bertz CT molecular complexity index is 347. The number of carbonyl (C=O) groups excluding carboxylic acids is 1. The van der Waals surface area contributed by atoms with Gasteiger partial charge in [-0.2, -0.15) is 0 Å². The topological polar surface area (TPSA) is 20.3 Å². The number of ketones is 1. The summed E-state index contributed by atoms with van der Waals surface area (Å²) >= 11 is 0. The first-order valence-electron chi connectivity index (χ1n) is 8.45. The van der Waals surface area contributed by atoms with E-state index in [1.54, 1.807) is 0 Å². The van der Waals surface area contributed by atoms with Gasteiger partial charge in [-0.05, 0) is 89.1 Å². The van der Waals surface area contributed by atoms with E-state index in [1.165, 1.54) is 51.4 Å². The number of nitrogens with zero attached hydrogens (tertiary/aromatic N) is 1. The SMILES string of the molecule is C[C@H](C(=O)C12CC3CC(CC(C3)C1)C2)N1CCCC1. The fourth-order valence-corrected chi connectivity index (χ4v) is 6.15. The van der Waals surface area contributed by atoms with Gasteiger partial charge in [-0.25, -0.2) is 0 Å². The Balaban J connectivity index is 1.55. The molecule has 2 nitrogen and oxygen atoms in total. The Hall–Kier alpha value is -0.370. The van der Waals surface area contributed by atoms with E-state index >= 15 is 0 Å². The fourth-order valence-electron chi connectivity index (χ4n) is 6.15. The Morgan fingerprint density at radius 2 is 1.47 bits per heavy atom. The third-order valence-corrected chi connectivity index (χ3v) is 6.63. The zero-order chi connectivity index (χ0) is 13.0. The molecule has 5 aliphatic rings. The summed E-state index contributed by atoms with van der Waals surface area (Å²) in [5.74, 6) is 3.29. The molecule has 4 aliphatic carbocycles. The Kier molecular flexibility index (Phi) is 2.81. The Morgan fingerprint density at radius 3 is 1.95 bits per heavy atom. The first kappa shape index (κ1) is 12.4. The average molecular weight is 261 g/mol. The molecule has 1 atom stereocenters. The zero-order valence-electron chi connectivity index (χ0n) is 12.2. The molecule has 0 aromatic rings. The lowest BCUT2D eigenvalue weighted by atomic mass is 9.48. The molecule has 0 aromatic carbocycles. The number of carbonyl (C=O) groups is 1. The fraction of sp³-hybridized carbons (Fsp3) is 0.941. The van der Waals surface area contributed by atoms with E-state index in [0.717, 1.165) is 30.8 Å². The third-order valence-electron chi connectivity index (χ3n) is 6.63. The van der Waals surface area contributed by atoms with Crippen LogP contribution < -0.4 is 0 Å². The van der Waals surface area contributed by atoms with Crippen LogP contribution in [0.1, 0.15) is 58.3 Å². The molecule has 0 amide bonds. The quantitative estimate of drug-likeness (QED) is 0.777. The van der Waals surface area contributed by atoms with Crippen LogP contribution >= 0.6 is 0 Å². The lowest BCUT2D eigenvalue weighted by Gasteiger charge is -2.56. The van der Waals surface area contributed by atoms with E-state index in [0.29, 0.717) is 5.78 Å². The van der Waals surface area contributed by atoms with E-state index in [9.17, 15) is 4.79 Å². The molecule has 5 rings (SSSR count). The van der Waals surface area contributed by atoms with Gasteiger partial charge in [-0.15, -0.1) is 0 Å². The number of rotatable bonds is 3. The van der Waals surface area contributed by atoms with Gasteiger partial charge >= 0.3 is 0 Å². The van der Waals surface area contributed by atoms with Gasteiger partial charge in [0.25, 0.3) is 0 Å². The summed E-state index contributed by atoms with van der Waals surface area (Å²) in [4.78, 5) is 15.6. The van der Waals surface area contributed by atoms with Crippen molar-refractivity contribution in [3.8, 4) is 0 Å². The maximum Gasteiger partial charge on any atom is 0.155 e. The molecular formula is C17H27NO. The molecule has 4 saturated carbocycles. The first-order chi connectivity index (χ1) is 9.16. The van der Waals surface area contributed by atoms with Crippen LogP contribution in [0.25, 0.3) is 0 Å². The molecule has 0 aromatic heterocycles. The molecule has 4 bridgehead atoms. The maximum absolute atomic E-state index is 13.1. The van der Waals surface area contributed by atoms with E-state index in [1.807, 2.05) is 0 Å². The monoisotopic (exact) mass is 261 g/mol. The van der Waals surface area contributed by atoms with Gasteiger partial charge in [0.15, 0.2) is 5.78 Å². The molecule has 0 N–H and O–H groups in total. The van der Waals surface area contributed by atoms with E-state index in [4.69, 9.17) is 0 Å². The highest BCUT2D eigenvalue weighted by Crippen LogP contribution is 2.60. The Morgan fingerprint density at radius 1 is 1.00 bits per heavy atom.